The number of carbonyl (C=O) groups is 3. The van der Waals surface area contributed by atoms with Crippen LogP contribution >= 0.6 is 0 Å². The van der Waals surface area contributed by atoms with Crippen molar-refractivity contribution in [2.24, 2.45) is 0 Å². The summed E-state index contributed by atoms with van der Waals surface area (Å²) in [5.41, 5.74) is 2.59. The summed E-state index contributed by atoms with van der Waals surface area (Å²) in [5.74, 6) is -2.46. The Labute approximate surface area is 234 Å². The third kappa shape index (κ3) is 9.24. The lowest BCUT2D eigenvalue weighted by Gasteiger charge is -2.25. The average Bonchev–Trinajstić information content (AvgIpc) is 2.90. The number of nitrogens with one attached hydrogen (secondary N) is 2. The topological polar surface area (TPSA) is 128 Å². The molecule has 12 heteroatoms. The highest BCUT2D eigenvalue weighted by molar-refractivity contribution is 6.01. The van der Waals surface area contributed by atoms with Gasteiger partial charge in [0.2, 0.25) is 0 Å². The number of aliphatic carboxylic acids is 1. The molecule has 0 saturated carbocycles. The van der Waals surface area contributed by atoms with Crippen molar-refractivity contribution in [2.45, 2.75) is 45.2 Å². The minimum Gasteiger partial charge on any atom is -0.479 e. The quantitative estimate of drug-likeness (QED) is 0.275. The molecule has 0 saturated heterocycles. The van der Waals surface area contributed by atoms with Crippen LogP contribution in [0.2, 0.25) is 0 Å². The number of nitrogens with zero attached hydrogens (tertiary/aromatic N) is 1. The number of ether oxygens (including phenoxy) is 1. The van der Waals surface area contributed by atoms with Gasteiger partial charge in [-0.25, -0.2) is 9.59 Å². The van der Waals surface area contributed by atoms with Crippen molar-refractivity contribution in [3.63, 3.8) is 0 Å². The Bertz CT molecular complexity index is 1350. The third-order valence-electron chi connectivity index (χ3n) is 5.93. The molecule has 218 valence electrons. The van der Waals surface area contributed by atoms with Crippen molar-refractivity contribution >= 4 is 29.3 Å². The van der Waals surface area contributed by atoms with E-state index in [0.29, 0.717) is 11.3 Å². The Morgan fingerprint density at radius 3 is 2.00 bits per heavy atom. The number of amides is 3. The second kappa shape index (κ2) is 12.7. The van der Waals surface area contributed by atoms with Gasteiger partial charge in [0.05, 0.1) is 13.1 Å². The predicted molar refractivity (Wildman–Crippen MR) is 146 cm³/mol. The van der Waals surface area contributed by atoms with E-state index in [-0.39, 0.29) is 23.2 Å². The van der Waals surface area contributed by atoms with Gasteiger partial charge in [0.15, 0.2) is 6.10 Å². The number of anilines is 2. The maximum Gasteiger partial charge on any atom is 0.573 e. The Morgan fingerprint density at radius 2 is 1.49 bits per heavy atom. The number of carbonyl (C=O) groups excluding carboxylic acids is 2. The smallest absolute Gasteiger partial charge is 0.479 e. The largest absolute Gasteiger partial charge is 0.573 e. The molecule has 3 aromatic rings. The van der Waals surface area contributed by atoms with Crippen molar-refractivity contribution in [1.29, 1.82) is 0 Å². The van der Waals surface area contributed by atoms with Crippen LogP contribution in [0.25, 0.3) is 0 Å². The molecule has 0 aliphatic heterocycles. The molecule has 1 atom stereocenters. The molecule has 0 bridgehead atoms. The average molecular weight is 574 g/mol. The molecule has 9 nitrogen and oxygen atoms in total. The number of hydrogen-bond acceptors (Lipinski definition) is 5. The molecule has 0 unspecified atom stereocenters. The molecular weight excluding hydrogens is 543 g/mol. The van der Waals surface area contributed by atoms with Crippen molar-refractivity contribution in [2.75, 3.05) is 16.8 Å². The fourth-order valence-electron chi connectivity index (χ4n) is 3.68. The number of alkyl halides is 3. The number of aliphatic hydroxyl groups excluding tert-OH is 1. The first-order valence-corrected chi connectivity index (χ1v) is 12.5. The van der Waals surface area contributed by atoms with E-state index in [0.717, 1.165) is 17.7 Å². The molecule has 0 aliphatic rings. The lowest BCUT2D eigenvalue weighted by Crippen LogP contribution is -2.36. The molecule has 41 heavy (non-hydrogen) atoms. The van der Waals surface area contributed by atoms with Crippen molar-refractivity contribution < 1.29 is 42.5 Å². The monoisotopic (exact) mass is 573 g/mol. The summed E-state index contributed by atoms with van der Waals surface area (Å²) in [7, 11) is 0. The van der Waals surface area contributed by atoms with E-state index in [1.165, 1.54) is 29.2 Å². The van der Waals surface area contributed by atoms with Gasteiger partial charge in [0, 0.05) is 16.9 Å². The van der Waals surface area contributed by atoms with E-state index in [2.05, 4.69) is 36.1 Å². The van der Waals surface area contributed by atoms with Gasteiger partial charge in [0.1, 0.15) is 5.75 Å². The maximum absolute atomic E-state index is 13.4. The minimum absolute atomic E-state index is 0.0790. The van der Waals surface area contributed by atoms with Gasteiger partial charge in [-0.05, 0) is 65.1 Å². The number of hydrogen-bond donors (Lipinski definition) is 4. The highest BCUT2D eigenvalue weighted by atomic mass is 19.4. The van der Waals surface area contributed by atoms with Gasteiger partial charge in [-0.1, -0.05) is 45.0 Å². The van der Waals surface area contributed by atoms with E-state index in [4.69, 9.17) is 5.11 Å². The second-order valence-electron chi connectivity index (χ2n) is 10.1. The minimum atomic E-state index is -4.84. The van der Waals surface area contributed by atoms with Crippen LogP contribution in [-0.4, -0.2) is 47.1 Å². The third-order valence-corrected chi connectivity index (χ3v) is 5.93. The summed E-state index contributed by atoms with van der Waals surface area (Å²) in [5, 5.41) is 23.1. The van der Waals surface area contributed by atoms with Gasteiger partial charge in [-0.15, -0.1) is 13.2 Å². The first-order valence-electron chi connectivity index (χ1n) is 12.5. The van der Waals surface area contributed by atoms with E-state index < -0.39 is 42.7 Å². The Hall–Kier alpha value is -4.58. The SMILES string of the molecule is CC(C)(C)c1ccc(N(Cc2ccc(C(=O)NC[C@@H](O)C(=O)O)cc2)C(=O)Nc2ccc(OC(F)(F)F)cc2)cc1. The van der Waals surface area contributed by atoms with Crippen LogP contribution in [0, 0.1) is 0 Å². The first kappa shape index (κ1) is 31.0. The Balaban J connectivity index is 1.80. The van der Waals surface area contributed by atoms with E-state index in [9.17, 15) is 32.7 Å². The van der Waals surface area contributed by atoms with Crippen molar-refractivity contribution in [1.82, 2.24) is 5.32 Å². The van der Waals surface area contributed by atoms with E-state index >= 15 is 0 Å². The van der Waals surface area contributed by atoms with Crippen LogP contribution in [-0.2, 0) is 16.8 Å². The second-order valence-corrected chi connectivity index (χ2v) is 10.1. The summed E-state index contributed by atoms with van der Waals surface area (Å²) < 4.78 is 41.3. The number of rotatable bonds is 9. The van der Waals surface area contributed by atoms with Gasteiger partial charge in [0.25, 0.3) is 5.91 Å². The lowest BCUT2D eigenvalue weighted by molar-refractivity contribution is -0.274. The van der Waals surface area contributed by atoms with Crippen LogP contribution < -0.4 is 20.3 Å². The Kier molecular flexibility index (Phi) is 9.61. The standard InChI is InChI=1S/C29H30F3N3O6/c1-28(2,3)20-8-12-22(13-9-20)35(27(40)34-21-10-14-23(15-11-21)41-29(30,31)32)17-18-4-6-19(7-5-18)25(37)33-16-24(36)26(38)39/h4-15,24,36H,16-17H2,1-3H3,(H,33,37)(H,34,40)(H,38,39)/t24-/m1/s1. The Morgan fingerprint density at radius 1 is 0.902 bits per heavy atom. The molecule has 0 radical (unpaired) electrons. The molecule has 0 fully saturated rings. The summed E-state index contributed by atoms with van der Waals surface area (Å²) in [4.78, 5) is 37.8. The zero-order valence-electron chi connectivity index (χ0n) is 22.5. The zero-order valence-corrected chi connectivity index (χ0v) is 22.5. The lowest BCUT2D eigenvalue weighted by atomic mass is 9.87. The normalized spacial score (nSPS) is 12.3. The molecule has 0 aliphatic carbocycles. The number of carboxylic acid groups (broad SMARTS) is 1. The molecule has 4 N–H and O–H groups in total. The molecule has 3 rings (SSSR count). The number of halogens is 3. The number of carboxylic acids is 1. The maximum atomic E-state index is 13.4. The van der Waals surface area contributed by atoms with Crippen LogP contribution in [0.3, 0.4) is 0 Å². The highest BCUT2D eigenvalue weighted by Gasteiger charge is 2.31. The fraction of sp³-hybridized carbons (Fsp3) is 0.276. The number of urea groups is 1. The van der Waals surface area contributed by atoms with Gasteiger partial charge in [-0.3, -0.25) is 9.69 Å². The summed E-state index contributed by atoms with van der Waals surface area (Å²) in [6, 6.07) is 17.8. The number of aliphatic hydroxyl groups is 1. The van der Waals surface area contributed by atoms with Crippen LogP contribution in [0.5, 0.6) is 5.75 Å². The zero-order chi connectivity index (χ0) is 30.4. The first-order chi connectivity index (χ1) is 19.1. The molecule has 0 spiro atoms. The molecule has 0 heterocycles. The summed E-state index contributed by atoms with van der Waals surface area (Å²) >= 11 is 0. The van der Waals surface area contributed by atoms with Crippen LogP contribution in [0.4, 0.5) is 29.3 Å². The summed E-state index contributed by atoms with van der Waals surface area (Å²) in [6.45, 7) is 5.78. The van der Waals surface area contributed by atoms with E-state index in [1.54, 1.807) is 24.3 Å². The van der Waals surface area contributed by atoms with Crippen molar-refractivity contribution in [3.05, 3.63) is 89.5 Å². The van der Waals surface area contributed by atoms with Gasteiger partial charge >= 0.3 is 18.4 Å². The van der Waals surface area contributed by atoms with E-state index in [1.807, 2.05) is 12.1 Å². The highest BCUT2D eigenvalue weighted by Crippen LogP contribution is 2.27. The van der Waals surface area contributed by atoms with Gasteiger partial charge in [-0.2, -0.15) is 0 Å². The fourth-order valence-corrected chi connectivity index (χ4v) is 3.68. The molecule has 0 aromatic heterocycles. The predicted octanol–water partition coefficient (Wildman–Crippen LogP) is 5.30. The number of benzene rings is 3. The van der Waals surface area contributed by atoms with Crippen molar-refractivity contribution in [3.8, 4) is 5.75 Å². The van der Waals surface area contributed by atoms with Gasteiger partial charge < -0.3 is 25.6 Å². The molecular formula is C29H30F3N3O6. The summed E-state index contributed by atoms with van der Waals surface area (Å²) in [6.07, 6.45) is -6.57. The van der Waals surface area contributed by atoms with Crippen LogP contribution in [0.1, 0.15) is 42.3 Å². The molecule has 3 aromatic carbocycles. The molecule has 3 amide bonds. The van der Waals surface area contributed by atoms with Crippen LogP contribution in [0.15, 0.2) is 72.8 Å².